The van der Waals surface area contributed by atoms with E-state index in [9.17, 15) is 4.79 Å². The number of rotatable bonds is 3. The SMILES string of the molecule is CNC(=O)[C@H]1CN(Cc2cn3ccsc3n2)c2ccccc2O1. The highest BCUT2D eigenvalue weighted by molar-refractivity contribution is 7.15. The van der Waals surface area contributed by atoms with Gasteiger partial charge < -0.3 is 15.0 Å². The third kappa shape index (κ3) is 2.53. The van der Waals surface area contributed by atoms with Gasteiger partial charge in [-0.3, -0.25) is 9.20 Å². The van der Waals surface area contributed by atoms with E-state index in [4.69, 9.17) is 4.74 Å². The van der Waals surface area contributed by atoms with Crippen LogP contribution in [0.4, 0.5) is 5.69 Å². The molecule has 2 aromatic heterocycles. The van der Waals surface area contributed by atoms with Crippen LogP contribution in [-0.2, 0) is 11.3 Å². The molecule has 0 spiro atoms. The number of imidazole rings is 1. The Morgan fingerprint density at radius 1 is 1.48 bits per heavy atom. The number of carbonyl (C=O) groups excluding carboxylic acids is 1. The largest absolute Gasteiger partial charge is 0.477 e. The van der Waals surface area contributed by atoms with Gasteiger partial charge in [-0.15, -0.1) is 11.3 Å². The van der Waals surface area contributed by atoms with Gasteiger partial charge in [-0.1, -0.05) is 12.1 Å². The van der Waals surface area contributed by atoms with Crippen molar-refractivity contribution in [1.82, 2.24) is 14.7 Å². The van der Waals surface area contributed by atoms with E-state index in [1.54, 1.807) is 18.4 Å². The number of nitrogens with one attached hydrogen (secondary N) is 1. The second kappa shape index (κ2) is 5.58. The Bertz CT molecular complexity index is 828. The van der Waals surface area contributed by atoms with Crippen LogP contribution in [0.25, 0.3) is 4.96 Å². The van der Waals surface area contributed by atoms with Gasteiger partial charge in [0, 0.05) is 24.8 Å². The Morgan fingerprint density at radius 3 is 3.17 bits per heavy atom. The molecule has 4 rings (SSSR count). The second-order valence-corrected chi connectivity index (χ2v) is 6.27. The molecular weight excluding hydrogens is 312 g/mol. The Morgan fingerprint density at radius 2 is 2.35 bits per heavy atom. The fourth-order valence-corrected chi connectivity index (χ4v) is 3.52. The molecule has 118 valence electrons. The first-order valence-electron chi connectivity index (χ1n) is 7.38. The maximum Gasteiger partial charge on any atom is 0.262 e. The molecule has 1 aliphatic rings. The number of hydrogen-bond acceptors (Lipinski definition) is 5. The topological polar surface area (TPSA) is 58.9 Å². The number of nitrogens with zero attached hydrogens (tertiary/aromatic N) is 3. The fourth-order valence-electron chi connectivity index (χ4n) is 2.80. The van der Waals surface area contributed by atoms with E-state index < -0.39 is 6.10 Å². The van der Waals surface area contributed by atoms with E-state index in [0.29, 0.717) is 13.1 Å². The normalized spacial score (nSPS) is 16.9. The number of para-hydroxylation sites is 2. The van der Waals surface area contributed by atoms with Crippen LogP contribution in [0.15, 0.2) is 42.0 Å². The van der Waals surface area contributed by atoms with Gasteiger partial charge in [0.2, 0.25) is 0 Å². The first-order chi connectivity index (χ1) is 11.2. The van der Waals surface area contributed by atoms with Crippen LogP contribution in [0.3, 0.4) is 0 Å². The monoisotopic (exact) mass is 328 g/mol. The van der Waals surface area contributed by atoms with Crippen molar-refractivity contribution in [3.63, 3.8) is 0 Å². The molecule has 7 heteroatoms. The second-order valence-electron chi connectivity index (χ2n) is 5.39. The summed E-state index contributed by atoms with van der Waals surface area (Å²) in [6.07, 6.45) is 3.51. The van der Waals surface area contributed by atoms with Crippen molar-refractivity contribution in [1.29, 1.82) is 0 Å². The van der Waals surface area contributed by atoms with E-state index >= 15 is 0 Å². The van der Waals surface area contributed by atoms with Gasteiger partial charge in [0.15, 0.2) is 11.1 Å². The lowest BCUT2D eigenvalue weighted by atomic mass is 10.1. The average molecular weight is 328 g/mol. The number of thiazole rings is 1. The van der Waals surface area contributed by atoms with Crippen molar-refractivity contribution in [3.8, 4) is 5.75 Å². The van der Waals surface area contributed by atoms with Crippen LogP contribution in [0.5, 0.6) is 5.75 Å². The summed E-state index contributed by atoms with van der Waals surface area (Å²) < 4.78 is 7.84. The van der Waals surface area contributed by atoms with Crippen LogP contribution in [0.2, 0.25) is 0 Å². The minimum absolute atomic E-state index is 0.115. The summed E-state index contributed by atoms with van der Waals surface area (Å²) in [5, 5.41) is 4.67. The number of hydrogen-bond donors (Lipinski definition) is 1. The number of aromatic nitrogens is 2. The zero-order valence-corrected chi connectivity index (χ0v) is 13.4. The lowest BCUT2D eigenvalue weighted by molar-refractivity contribution is -0.127. The predicted molar refractivity (Wildman–Crippen MR) is 89.0 cm³/mol. The lowest BCUT2D eigenvalue weighted by Gasteiger charge is -2.35. The quantitative estimate of drug-likeness (QED) is 0.798. The maximum atomic E-state index is 12.0. The van der Waals surface area contributed by atoms with Crippen molar-refractivity contribution >= 4 is 27.9 Å². The molecule has 0 saturated carbocycles. The summed E-state index contributed by atoms with van der Waals surface area (Å²) >= 11 is 1.61. The predicted octanol–water partition coefficient (Wildman–Crippen LogP) is 1.91. The van der Waals surface area contributed by atoms with Gasteiger partial charge in [-0.2, -0.15) is 0 Å². The highest BCUT2D eigenvalue weighted by Crippen LogP contribution is 2.34. The summed E-state index contributed by atoms with van der Waals surface area (Å²) in [7, 11) is 1.63. The summed E-state index contributed by atoms with van der Waals surface area (Å²) in [5.41, 5.74) is 1.97. The molecule has 0 saturated heterocycles. The molecular formula is C16H16N4O2S. The maximum absolute atomic E-state index is 12.0. The van der Waals surface area contributed by atoms with E-state index in [0.717, 1.165) is 22.1 Å². The zero-order valence-electron chi connectivity index (χ0n) is 12.6. The number of ether oxygens (including phenoxy) is 1. The molecule has 1 N–H and O–H groups in total. The van der Waals surface area contributed by atoms with Gasteiger partial charge in [0.05, 0.1) is 24.5 Å². The molecule has 0 radical (unpaired) electrons. The summed E-state index contributed by atoms with van der Waals surface area (Å²) in [6, 6.07) is 7.79. The molecule has 1 amide bonds. The number of anilines is 1. The molecule has 0 aliphatic carbocycles. The van der Waals surface area contributed by atoms with Crippen molar-refractivity contribution in [3.05, 3.63) is 47.7 Å². The first kappa shape index (κ1) is 14.1. The fraction of sp³-hybridized carbons (Fsp3) is 0.250. The molecule has 0 unspecified atom stereocenters. The molecule has 1 aromatic carbocycles. The summed E-state index contributed by atoms with van der Waals surface area (Å²) in [5.74, 6) is 0.615. The smallest absolute Gasteiger partial charge is 0.262 e. The average Bonchev–Trinajstić information content (AvgIpc) is 3.15. The lowest BCUT2D eigenvalue weighted by Crippen LogP contribution is -2.48. The van der Waals surface area contributed by atoms with Gasteiger partial charge in [0.25, 0.3) is 5.91 Å². The van der Waals surface area contributed by atoms with Gasteiger partial charge in [-0.05, 0) is 12.1 Å². The van der Waals surface area contributed by atoms with Crippen molar-refractivity contribution in [2.45, 2.75) is 12.6 Å². The zero-order chi connectivity index (χ0) is 15.8. The van der Waals surface area contributed by atoms with Crippen LogP contribution in [0.1, 0.15) is 5.69 Å². The minimum Gasteiger partial charge on any atom is -0.477 e. The van der Waals surface area contributed by atoms with Gasteiger partial charge in [-0.25, -0.2) is 4.98 Å². The number of benzene rings is 1. The number of amides is 1. The summed E-state index contributed by atoms with van der Waals surface area (Å²) in [6.45, 7) is 1.14. The molecule has 3 aromatic rings. The van der Waals surface area contributed by atoms with Gasteiger partial charge in [0.1, 0.15) is 5.75 Å². The number of fused-ring (bicyclic) bond motifs is 2. The van der Waals surface area contributed by atoms with E-state index in [2.05, 4.69) is 15.2 Å². The highest BCUT2D eigenvalue weighted by Gasteiger charge is 2.30. The Labute approximate surface area is 137 Å². The highest BCUT2D eigenvalue weighted by atomic mass is 32.1. The number of carbonyl (C=O) groups is 1. The minimum atomic E-state index is -0.515. The third-order valence-electron chi connectivity index (χ3n) is 3.90. The molecule has 6 nitrogen and oxygen atoms in total. The van der Waals surface area contributed by atoms with Crippen molar-refractivity contribution in [2.75, 3.05) is 18.5 Å². The van der Waals surface area contributed by atoms with Crippen LogP contribution < -0.4 is 15.0 Å². The molecule has 23 heavy (non-hydrogen) atoms. The molecule has 3 heterocycles. The van der Waals surface area contributed by atoms with E-state index in [1.807, 2.05) is 46.4 Å². The van der Waals surface area contributed by atoms with Crippen LogP contribution >= 0.6 is 11.3 Å². The van der Waals surface area contributed by atoms with Crippen LogP contribution in [0, 0.1) is 0 Å². The van der Waals surface area contributed by atoms with E-state index in [-0.39, 0.29) is 5.91 Å². The number of likely N-dealkylation sites (N-methyl/N-ethyl adjacent to an activating group) is 1. The standard InChI is InChI=1S/C16H16N4O2S/c1-17-15(21)14-10-20(12-4-2-3-5-13(12)22-14)9-11-8-19-6-7-23-16(19)18-11/h2-8,14H,9-10H2,1H3,(H,17,21)/t14-/m1/s1. The van der Waals surface area contributed by atoms with Crippen molar-refractivity contribution in [2.24, 2.45) is 0 Å². The Balaban J connectivity index is 1.65. The van der Waals surface area contributed by atoms with Gasteiger partial charge >= 0.3 is 0 Å². The molecule has 0 bridgehead atoms. The third-order valence-corrected chi connectivity index (χ3v) is 4.67. The molecule has 1 atom stereocenters. The Hall–Kier alpha value is -2.54. The Kier molecular flexibility index (Phi) is 3.42. The first-order valence-corrected chi connectivity index (χ1v) is 8.26. The van der Waals surface area contributed by atoms with Crippen LogP contribution in [-0.4, -0.2) is 35.0 Å². The summed E-state index contributed by atoms with van der Waals surface area (Å²) in [4.78, 5) is 19.7. The molecule has 1 aliphatic heterocycles. The molecule has 0 fully saturated rings. The van der Waals surface area contributed by atoms with Crippen molar-refractivity contribution < 1.29 is 9.53 Å². The van der Waals surface area contributed by atoms with E-state index in [1.165, 1.54) is 0 Å².